The lowest BCUT2D eigenvalue weighted by Gasteiger charge is -2.37. The number of carbonyl (C=O) groups excluding carboxylic acids is 1. The fraction of sp³-hybridized carbons (Fsp3) is 0.194. The molecule has 0 unspecified atom stereocenters. The molecule has 0 aliphatic heterocycles. The van der Waals surface area contributed by atoms with Crippen molar-refractivity contribution >= 4 is 5.91 Å². The van der Waals surface area contributed by atoms with Crippen molar-refractivity contribution in [2.75, 3.05) is 0 Å². The molecule has 41 heavy (non-hydrogen) atoms. The largest absolute Gasteiger partial charge is 0.573 e. The summed E-state index contributed by atoms with van der Waals surface area (Å²) in [6, 6.07) is 25.9. The molecule has 1 N–H and O–H groups in total. The van der Waals surface area contributed by atoms with Gasteiger partial charge >= 0.3 is 12.7 Å². The van der Waals surface area contributed by atoms with Gasteiger partial charge in [0.15, 0.2) is 0 Å². The first-order chi connectivity index (χ1) is 19.3. The molecular formula is C31H25F6NO3. The maximum atomic E-state index is 13.6. The molecule has 0 bridgehead atoms. The predicted molar refractivity (Wildman–Crippen MR) is 140 cm³/mol. The molecule has 0 saturated heterocycles. The van der Waals surface area contributed by atoms with E-state index in [1.807, 2.05) is 19.1 Å². The molecule has 4 aromatic carbocycles. The zero-order valence-electron chi connectivity index (χ0n) is 21.7. The Labute approximate surface area is 232 Å². The molecule has 0 fully saturated rings. The Morgan fingerprint density at radius 1 is 0.683 bits per heavy atom. The normalized spacial score (nSPS) is 12.1. The number of hydrogen-bond acceptors (Lipinski definition) is 3. The van der Waals surface area contributed by atoms with Gasteiger partial charge in [-0.1, -0.05) is 78.9 Å². The second-order valence-electron chi connectivity index (χ2n) is 9.37. The van der Waals surface area contributed by atoms with Crippen LogP contribution in [-0.2, 0) is 23.2 Å². The molecule has 0 saturated carbocycles. The number of carbonyl (C=O) groups is 1. The van der Waals surface area contributed by atoms with Crippen LogP contribution in [0.3, 0.4) is 0 Å². The van der Waals surface area contributed by atoms with E-state index < -0.39 is 35.7 Å². The van der Waals surface area contributed by atoms with E-state index in [1.54, 1.807) is 42.5 Å². The van der Waals surface area contributed by atoms with E-state index in [1.165, 1.54) is 24.3 Å². The summed E-state index contributed by atoms with van der Waals surface area (Å²) >= 11 is 0. The zero-order valence-corrected chi connectivity index (χ0v) is 21.7. The van der Waals surface area contributed by atoms with Gasteiger partial charge in [0.1, 0.15) is 11.5 Å². The Balaban J connectivity index is 1.90. The molecule has 10 heteroatoms. The number of nitrogens with one attached hydrogen (secondary N) is 1. The molecule has 214 valence electrons. The van der Waals surface area contributed by atoms with E-state index in [4.69, 9.17) is 0 Å². The highest BCUT2D eigenvalue weighted by Gasteiger charge is 2.39. The molecule has 1 amide bonds. The first kappa shape index (κ1) is 29.5. The van der Waals surface area contributed by atoms with Crippen LogP contribution >= 0.6 is 0 Å². The number of aryl methyl sites for hydroxylation is 1. The van der Waals surface area contributed by atoms with Crippen LogP contribution in [0, 0.1) is 6.92 Å². The number of benzene rings is 4. The number of halogens is 6. The third-order valence-electron chi connectivity index (χ3n) is 6.40. The number of hydrogen-bond donors (Lipinski definition) is 1. The molecule has 0 radical (unpaired) electrons. The highest BCUT2D eigenvalue weighted by molar-refractivity contribution is 5.81. The summed E-state index contributed by atoms with van der Waals surface area (Å²) in [6.07, 6.45) is -10.1. The monoisotopic (exact) mass is 573 g/mol. The Bertz CT molecular complexity index is 1430. The first-order valence-corrected chi connectivity index (χ1v) is 12.4. The van der Waals surface area contributed by atoms with Crippen molar-refractivity contribution in [1.82, 2.24) is 5.32 Å². The lowest BCUT2D eigenvalue weighted by Crippen LogP contribution is -2.49. The van der Waals surface area contributed by atoms with Crippen molar-refractivity contribution in [3.8, 4) is 11.5 Å². The van der Waals surface area contributed by atoms with Crippen molar-refractivity contribution in [1.29, 1.82) is 0 Å². The van der Waals surface area contributed by atoms with Gasteiger partial charge in [-0.2, -0.15) is 0 Å². The van der Waals surface area contributed by atoms with E-state index in [-0.39, 0.29) is 24.0 Å². The van der Waals surface area contributed by atoms with Crippen molar-refractivity contribution < 1.29 is 40.6 Å². The molecule has 0 spiro atoms. The van der Waals surface area contributed by atoms with Crippen LogP contribution in [0.2, 0.25) is 0 Å². The van der Waals surface area contributed by atoms with Gasteiger partial charge in [0, 0.05) is 6.42 Å². The van der Waals surface area contributed by atoms with Crippen LogP contribution in [0.1, 0.15) is 27.8 Å². The highest BCUT2D eigenvalue weighted by Crippen LogP contribution is 2.38. The lowest BCUT2D eigenvalue weighted by molar-refractivity contribution is -0.275. The van der Waals surface area contributed by atoms with Gasteiger partial charge in [0.25, 0.3) is 0 Å². The fourth-order valence-corrected chi connectivity index (χ4v) is 4.64. The maximum Gasteiger partial charge on any atom is 0.573 e. The third kappa shape index (κ3) is 8.03. The Kier molecular flexibility index (Phi) is 8.60. The van der Waals surface area contributed by atoms with Crippen LogP contribution < -0.4 is 14.8 Å². The number of alkyl halides is 6. The minimum Gasteiger partial charge on any atom is -0.406 e. The molecule has 4 nitrogen and oxygen atoms in total. The van der Waals surface area contributed by atoms with E-state index in [0.717, 1.165) is 29.8 Å². The highest BCUT2D eigenvalue weighted by atomic mass is 19.4. The van der Waals surface area contributed by atoms with Gasteiger partial charge in [-0.3, -0.25) is 4.79 Å². The summed E-state index contributed by atoms with van der Waals surface area (Å²) in [7, 11) is 0. The fourth-order valence-electron chi connectivity index (χ4n) is 4.64. The predicted octanol–water partition coefficient (Wildman–Crippen LogP) is 7.64. The maximum absolute atomic E-state index is 13.6. The van der Waals surface area contributed by atoms with Crippen molar-refractivity contribution in [2.24, 2.45) is 0 Å². The molecule has 0 aliphatic rings. The van der Waals surface area contributed by atoms with Crippen LogP contribution in [0.15, 0.2) is 103 Å². The number of ether oxygens (including phenoxy) is 2. The second kappa shape index (κ2) is 12.0. The minimum atomic E-state index is -4.99. The smallest absolute Gasteiger partial charge is 0.406 e. The van der Waals surface area contributed by atoms with Crippen molar-refractivity contribution in [3.63, 3.8) is 0 Å². The summed E-state index contributed by atoms with van der Waals surface area (Å²) in [5, 5.41) is 2.95. The SMILES string of the molecule is Cc1ccccc1CC(=O)NC(Cc1ccccc1)(c1cccc(OC(F)(F)F)c1)c1cccc(OC(F)(F)F)c1. The molecule has 4 aromatic rings. The number of amides is 1. The molecule has 4 rings (SSSR count). The average Bonchev–Trinajstić information content (AvgIpc) is 2.88. The average molecular weight is 574 g/mol. The van der Waals surface area contributed by atoms with Crippen LogP contribution in [-0.4, -0.2) is 18.6 Å². The minimum absolute atomic E-state index is 0.0156. The van der Waals surface area contributed by atoms with Crippen LogP contribution in [0.25, 0.3) is 0 Å². The van der Waals surface area contributed by atoms with E-state index in [0.29, 0.717) is 11.1 Å². The van der Waals surface area contributed by atoms with E-state index in [9.17, 15) is 31.1 Å². The van der Waals surface area contributed by atoms with Crippen molar-refractivity contribution in [2.45, 2.75) is 38.0 Å². The van der Waals surface area contributed by atoms with Gasteiger partial charge in [-0.15, -0.1) is 26.3 Å². The van der Waals surface area contributed by atoms with Gasteiger partial charge in [0.2, 0.25) is 5.91 Å². The van der Waals surface area contributed by atoms with Crippen LogP contribution in [0.5, 0.6) is 11.5 Å². The second-order valence-corrected chi connectivity index (χ2v) is 9.37. The van der Waals surface area contributed by atoms with Gasteiger partial charge in [-0.25, -0.2) is 0 Å². The summed E-state index contributed by atoms with van der Waals surface area (Å²) < 4.78 is 87.0. The van der Waals surface area contributed by atoms with Gasteiger partial charge in [-0.05, 0) is 59.0 Å². The lowest BCUT2D eigenvalue weighted by atomic mass is 9.77. The van der Waals surface area contributed by atoms with Crippen molar-refractivity contribution in [3.05, 3.63) is 131 Å². The molecular weight excluding hydrogens is 548 g/mol. The third-order valence-corrected chi connectivity index (χ3v) is 6.40. The zero-order chi connectivity index (χ0) is 29.7. The van der Waals surface area contributed by atoms with Crippen LogP contribution in [0.4, 0.5) is 26.3 Å². The molecule has 0 atom stereocenters. The topological polar surface area (TPSA) is 47.6 Å². The summed E-state index contributed by atoms with van der Waals surface area (Å²) in [6.45, 7) is 1.83. The van der Waals surface area contributed by atoms with E-state index in [2.05, 4.69) is 14.8 Å². The summed E-state index contributed by atoms with van der Waals surface area (Å²) in [4.78, 5) is 13.6. The van der Waals surface area contributed by atoms with Gasteiger partial charge in [0.05, 0.1) is 12.0 Å². The molecule has 0 aliphatic carbocycles. The Morgan fingerprint density at radius 2 is 1.20 bits per heavy atom. The number of rotatable bonds is 9. The van der Waals surface area contributed by atoms with E-state index >= 15 is 0 Å². The Hall–Kier alpha value is -4.47. The molecule has 0 heterocycles. The molecule has 0 aromatic heterocycles. The van der Waals surface area contributed by atoms with Gasteiger partial charge < -0.3 is 14.8 Å². The first-order valence-electron chi connectivity index (χ1n) is 12.4. The standard InChI is InChI=1S/C31H25F6NO3/c1-21-9-5-6-12-23(21)17-28(39)38-29(20-22-10-3-2-4-11-22,24-13-7-15-26(18-24)40-30(32,33)34)25-14-8-16-27(19-25)41-31(35,36)37/h2-16,18-19H,17,20H2,1H3,(H,38,39). The quantitative estimate of drug-likeness (QED) is 0.210. The summed E-state index contributed by atoms with van der Waals surface area (Å²) in [5.74, 6) is -1.61. The summed E-state index contributed by atoms with van der Waals surface area (Å²) in [5.41, 5.74) is 0.903. The Morgan fingerprint density at radius 3 is 1.71 bits per heavy atom.